The summed E-state index contributed by atoms with van der Waals surface area (Å²) >= 11 is 0. The van der Waals surface area contributed by atoms with Crippen LogP contribution in [0.5, 0.6) is 5.75 Å². The predicted molar refractivity (Wildman–Crippen MR) is 103 cm³/mol. The molecule has 0 unspecified atom stereocenters. The van der Waals surface area contributed by atoms with Gasteiger partial charge in [-0.25, -0.2) is 0 Å². The van der Waals surface area contributed by atoms with Crippen molar-refractivity contribution in [3.8, 4) is 5.75 Å². The van der Waals surface area contributed by atoms with Gasteiger partial charge in [0.15, 0.2) is 5.96 Å². The summed E-state index contributed by atoms with van der Waals surface area (Å²) in [6.07, 6.45) is 6.39. The highest BCUT2D eigenvalue weighted by Gasteiger charge is 1.99. The van der Waals surface area contributed by atoms with Gasteiger partial charge in [-0.3, -0.25) is 4.99 Å². The van der Waals surface area contributed by atoms with Crippen LogP contribution >= 0.6 is 0 Å². The smallest absolute Gasteiger partial charge is 0.191 e. The van der Waals surface area contributed by atoms with Crippen molar-refractivity contribution in [2.45, 2.75) is 38.6 Å². The minimum atomic E-state index is 0.758. The topological polar surface area (TPSA) is 48.9 Å². The first kappa shape index (κ1) is 20.3. The maximum Gasteiger partial charge on any atom is 0.191 e. The van der Waals surface area contributed by atoms with E-state index in [4.69, 9.17) is 4.74 Å². The summed E-state index contributed by atoms with van der Waals surface area (Å²) in [6.45, 7) is 2.92. The number of aliphatic imine (C=N–C) groups is 1. The second-order valence-electron chi connectivity index (χ2n) is 6.27. The molecule has 0 bridgehead atoms. The lowest BCUT2D eigenvalue weighted by Crippen LogP contribution is -2.37. The molecule has 1 aromatic carbocycles. The van der Waals surface area contributed by atoms with E-state index in [-0.39, 0.29) is 0 Å². The van der Waals surface area contributed by atoms with E-state index in [0.29, 0.717) is 0 Å². The predicted octanol–water partition coefficient (Wildman–Crippen LogP) is 2.87. The summed E-state index contributed by atoms with van der Waals surface area (Å²) in [4.78, 5) is 6.52. The molecule has 1 aromatic rings. The molecule has 24 heavy (non-hydrogen) atoms. The molecule has 0 spiro atoms. The fourth-order valence-corrected chi connectivity index (χ4v) is 2.44. The number of guanidine groups is 1. The largest absolute Gasteiger partial charge is 0.497 e. The Morgan fingerprint density at radius 3 is 2.29 bits per heavy atom. The standard InChI is InChI=1S/C19H34N4O/c1-20-19(21-14-8-6-5-7-9-15-23(2)3)22-16-17-10-12-18(24-4)13-11-17/h10-13H,5-9,14-16H2,1-4H3,(H2,20,21,22). The van der Waals surface area contributed by atoms with E-state index >= 15 is 0 Å². The molecule has 5 heteroatoms. The molecule has 0 aromatic heterocycles. The van der Waals surface area contributed by atoms with Gasteiger partial charge in [0.25, 0.3) is 0 Å². The van der Waals surface area contributed by atoms with Crippen LogP contribution in [-0.4, -0.2) is 52.2 Å². The van der Waals surface area contributed by atoms with Crippen LogP contribution in [0.2, 0.25) is 0 Å². The molecular weight excluding hydrogens is 300 g/mol. The van der Waals surface area contributed by atoms with Gasteiger partial charge in [-0.2, -0.15) is 0 Å². The van der Waals surface area contributed by atoms with E-state index in [0.717, 1.165) is 24.8 Å². The van der Waals surface area contributed by atoms with Crippen LogP contribution in [0.15, 0.2) is 29.3 Å². The number of rotatable bonds is 11. The molecular formula is C19H34N4O. The third kappa shape index (κ3) is 9.40. The van der Waals surface area contributed by atoms with Gasteiger partial charge in [-0.05, 0) is 51.2 Å². The Kier molecular flexibility index (Phi) is 10.7. The van der Waals surface area contributed by atoms with E-state index in [2.05, 4.69) is 46.8 Å². The molecule has 0 fully saturated rings. The van der Waals surface area contributed by atoms with Crippen molar-refractivity contribution in [2.75, 3.05) is 41.3 Å². The van der Waals surface area contributed by atoms with Gasteiger partial charge >= 0.3 is 0 Å². The zero-order valence-electron chi connectivity index (χ0n) is 15.8. The molecule has 0 atom stereocenters. The van der Waals surface area contributed by atoms with E-state index in [1.807, 2.05) is 19.2 Å². The highest BCUT2D eigenvalue weighted by Crippen LogP contribution is 2.10. The Balaban J connectivity index is 2.10. The lowest BCUT2D eigenvalue weighted by atomic mass is 10.1. The van der Waals surface area contributed by atoms with E-state index in [9.17, 15) is 0 Å². The number of methoxy groups -OCH3 is 1. The summed E-state index contributed by atoms with van der Waals surface area (Å²) in [5.74, 6) is 1.74. The van der Waals surface area contributed by atoms with E-state index in [1.165, 1.54) is 44.2 Å². The van der Waals surface area contributed by atoms with Crippen molar-refractivity contribution in [1.29, 1.82) is 0 Å². The average molecular weight is 335 g/mol. The zero-order chi connectivity index (χ0) is 17.6. The minimum absolute atomic E-state index is 0.758. The maximum absolute atomic E-state index is 5.17. The molecule has 0 radical (unpaired) electrons. The zero-order valence-corrected chi connectivity index (χ0v) is 15.8. The fourth-order valence-electron chi connectivity index (χ4n) is 2.44. The lowest BCUT2D eigenvalue weighted by molar-refractivity contribution is 0.389. The average Bonchev–Trinajstić information content (AvgIpc) is 2.60. The van der Waals surface area contributed by atoms with Crippen molar-refractivity contribution in [2.24, 2.45) is 4.99 Å². The molecule has 0 saturated carbocycles. The summed E-state index contributed by atoms with van der Waals surface area (Å²) in [6, 6.07) is 8.08. The second kappa shape index (κ2) is 12.6. The lowest BCUT2D eigenvalue weighted by Gasteiger charge is -2.12. The van der Waals surface area contributed by atoms with Crippen molar-refractivity contribution < 1.29 is 4.74 Å². The molecule has 0 saturated heterocycles. The Labute approximate surface area is 147 Å². The molecule has 1 rings (SSSR count). The third-order valence-electron chi connectivity index (χ3n) is 3.92. The second-order valence-corrected chi connectivity index (χ2v) is 6.27. The number of nitrogens with one attached hydrogen (secondary N) is 2. The molecule has 0 aliphatic carbocycles. The van der Waals surface area contributed by atoms with Crippen molar-refractivity contribution >= 4 is 5.96 Å². The maximum atomic E-state index is 5.17. The van der Waals surface area contributed by atoms with Crippen molar-refractivity contribution in [1.82, 2.24) is 15.5 Å². The van der Waals surface area contributed by atoms with Gasteiger partial charge in [-0.15, -0.1) is 0 Å². The van der Waals surface area contributed by atoms with Gasteiger partial charge in [0.2, 0.25) is 0 Å². The fraction of sp³-hybridized carbons (Fsp3) is 0.632. The van der Waals surface area contributed by atoms with E-state index < -0.39 is 0 Å². The van der Waals surface area contributed by atoms with Crippen LogP contribution in [0.25, 0.3) is 0 Å². The highest BCUT2D eigenvalue weighted by molar-refractivity contribution is 5.79. The number of unbranched alkanes of at least 4 members (excludes halogenated alkanes) is 4. The number of hydrogen-bond acceptors (Lipinski definition) is 3. The van der Waals surface area contributed by atoms with Gasteiger partial charge in [0.05, 0.1) is 7.11 Å². The monoisotopic (exact) mass is 334 g/mol. The van der Waals surface area contributed by atoms with Crippen molar-refractivity contribution in [3.63, 3.8) is 0 Å². The quantitative estimate of drug-likeness (QED) is 0.371. The Bertz CT molecular complexity index is 457. The van der Waals surface area contributed by atoms with Gasteiger partial charge in [0, 0.05) is 20.1 Å². The molecule has 136 valence electrons. The molecule has 0 amide bonds. The summed E-state index contributed by atoms with van der Waals surface area (Å²) in [5.41, 5.74) is 1.21. The van der Waals surface area contributed by atoms with Crippen LogP contribution in [0.1, 0.15) is 37.7 Å². The van der Waals surface area contributed by atoms with Crippen LogP contribution in [0.3, 0.4) is 0 Å². The molecule has 0 heterocycles. The summed E-state index contributed by atoms with van der Waals surface area (Å²) < 4.78 is 5.17. The first-order valence-corrected chi connectivity index (χ1v) is 8.88. The van der Waals surface area contributed by atoms with Crippen molar-refractivity contribution in [3.05, 3.63) is 29.8 Å². The van der Waals surface area contributed by atoms with E-state index in [1.54, 1.807) is 7.11 Å². The van der Waals surface area contributed by atoms with Gasteiger partial charge in [0.1, 0.15) is 5.75 Å². The number of ether oxygens (including phenoxy) is 1. The van der Waals surface area contributed by atoms with Crippen LogP contribution in [-0.2, 0) is 6.54 Å². The number of hydrogen-bond donors (Lipinski definition) is 2. The number of benzene rings is 1. The third-order valence-corrected chi connectivity index (χ3v) is 3.92. The Morgan fingerprint density at radius 2 is 1.67 bits per heavy atom. The minimum Gasteiger partial charge on any atom is -0.497 e. The normalized spacial score (nSPS) is 11.6. The first-order chi connectivity index (χ1) is 11.7. The molecule has 0 aliphatic rings. The summed E-state index contributed by atoms with van der Waals surface area (Å²) in [7, 11) is 7.76. The highest BCUT2D eigenvalue weighted by atomic mass is 16.5. The van der Waals surface area contributed by atoms with Gasteiger partial charge < -0.3 is 20.3 Å². The van der Waals surface area contributed by atoms with Crippen LogP contribution in [0.4, 0.5) is 0 Å². The first-order valence-electron chi connectivity index (χ1n) is 8.88. The molecule has 2 N–H and O–H groups in total. The Morgan fingerprint density at radius 1 is 1.00 bits per heavy atom. The molecule has 5 nitrogen and oxygen atoms in total. The van der Waals surface area contributed by atoms with Crippen LogP contribution < -0.4 is 15.4 Å². The van der Waals surface area contributed by atoms with Gasteiger partial charge in [-0.1, -0.05) is 31.4 Å². The summed E-state index contributed by atoms with van der Waals surface area (Å²) in [5, 5.41) is 6.72. The number of nitrogens with zero attached hydrogens (tertiary/aromatic N) is 2. The SMILES string of the molecule is CN=C(NCCCCCCCN(C)C)NCc1ccc(OC)cc1. The Hall–Kier alpha value is -1.75. The molecule has 0 aliphatic heterocycles. The van der Waals surface area contributed by atoms with Crippen LogP contribution in [0, 0.1) is 0 Å².